The maximum atomic E-state index is 6.00. The van der Waals surface area contributed by atoms with E-state index in [1.165, 1.54) is 19.3 Å². The van der Waals surface area contributed by atoms with Gasteiger partial charge in [-0.25, -0.2) is 4.98 Å². The summed E-state index contributed by atoms with van der Waals surface area (Å²) in [7, 11) is 1.83. The number of pyridine rings is 1. The summed E-state index contributed by atoms with van der Waals surface area (Å²) >= 11 is 0. The Morgan fingerprint density at radius 3 is 2.56 bits per heavy atom. The average molecular weight is 461 g/mol. The molecule has 1 aliphatic carbocycles. The number of rotatable bonds is 7. The van der Waals surface area contributed by atoms with Gasteiger partial charge in [0.15, 0.2) is 5.84 Å². The molecule has 4 rings (SSSR count). The summed E-state index contributed by atoms with van der Waals surface area (Å²) in [5.74, 6) is 1.22. The van der Waals surface area contributed by atoms with Gasteiger partial charge in [0.25, 0.3) is 5.89 Å². The SMILES string of the molecule is C=C(/N=C(N)\N=C(/N)c1noc(-c2ccc(OC3CCCCC3)nc2)n1)N(C)c1ccccc1. The van der Waals surface area contributed by atoms with Gasteiger partial charge in [0, 0.05) is 25.0 Å². The highest BCUT2D eigenvalue weighted by atomic mass is 16.5. The predicted octanol–water partition coefficient (Wildman–Crippen LogP) is 3.47. The van der Waals surface area contributed by atoms with Crippen LogP contribution in [0.2, 0.25) is 0 Å². The summed E-state index contributed by atoms with van der Waals surface area (Å²) in [6.07, 6.45) is 7.66. The Morgan fingerprint density at radius 2 is 1.85 bits per heavy atom. The molecule has 2 aromatic heterocycles. The normalized spacial score (nSPS) is 15.2. The van der Waals surface area contributed by atoms with Gasteiger partial charge in [0.05, 0.1) is 5.56 Å². The zero-order valence-electron chi connectivity index (χ0n) is 19.1. The molecule has 0 spiro atoms. The van der Waals surface area contributed by atoms with E-state index in [4.69, 9.17) is 20.7 Å². The Kier molecular flexibility index (Phi) is 7.16. The number of hydrogen-bond donors (Lipinski definition) is 2. The third-order valence-corrected chi connectivity index (χ3v) is 5.49. The third-order valence-electron chi connectivity index (χ3n) is 5.49. The maximum Gasteiger partial charge on any atom is 0.259 e. The molecule has 2 heterocycles. The number of benzene rings is 1. The number of ether oxygens (including phenoxy) is 1. The number of aliphatic imine (C=N–C) groups is 2. The molecule has 1 aliphatic rings. The number of hydrogen-bond acceptors (Lipinski definition) is 7. The Bertz CT molecular complexity index is 1170. The highest BCUT2D eigenvalue weighted by molar-refractivity contribution is 6.02. The van der Waals surface area contributed by atoms with Crippen LogP contribution in [-0.2, 0) is 0 Å². The fourth-order valence-electron chi connectivity index (χ4n) is 3.58. The molecular weight excluding hydrogens is 432 g/mol. The Labute approximate surface area is 198 Å². The Hall–Kier alpha value is -4.21. The molecule has 1 aromatic carbocycles. The van der Waals surface area contributed by atoms with Gasteiger partial charge in [-0.2, -0.15) is 15.0 Å². The molecule has 10 heteroatoms. The first kappa shape index (κ1) is 23.0. The van der Waals surface area contributed by atoms with Crippen molar-refractivity contribution in [1.29, 1.82) is 0 Å². The molecule has 3 aromatic rings. The van der Waals surface area contributed by atoms with Crippen molar-refractivity contribution in [3.05, 3.63) is 66.9 Å². The van der Waals surface area contributed by atoms with E-state index in [1.54, 1.807) is 17.2 Å². The number of anilines is 1. The van der Waals surface area contributed by atoms with Crippen molar-refractivity contribution in [3.63, 3.8) is 0 Å². The summed E-state index contributed by atoms with van der Waals surface area (Å²) in [4.78, 5) is 18.7. The molecule has 0 radical (unpaired) electrons. The van der Waals surface area contributed by atoms with Gasteiger partial charge < -0.3 is 25.6 Å². The number of aromatic nitrogens is 3. The van der Waals surface area contributed by atoms with Crippen molar-refractivity contribution >= 4 is 17.5 Å². The minimum Gasteiger partial charge on any atom is -0.474 e. The van der Waals surface area contributed by atoms with Gasteiger partial charge >= 0.3 is 0 Å². The van der Waals surface area contributed by atoms with E-state index in [2.05, 4.69) is 31.7 Å². The smallest absolute Gasteiger partial charge is 0.259 e. The zero-order valence-corrected chi connectivity index (χ0v) is 19.1. The first-order chi connectivity index (χ1) is 16.5. The molecule has 4 N–H and O–H groups in total. The van der Waals surface area contributed by atoms with Crippen LogP contribution in [0.5, 0.6) is 5.88 Å². The lowest BCUT2D eigenvalue weighted by atomic mass is 9.98. The second-order valence-corrected chi connectivity index (χ2v) is 7.96. The van der Waals surface area contributed by atoms with Crippen LogP contribution in [0.15, 0.2) is 75.6 Å². The van der Waals surface area contributed by atoms with Crippen molar-refractivity contribution in [2.45, 2.75) is 38.2 Å². The highest BCUT2D eigenvalue weighted by Gasteiger charge is 2.17. The van der Waals surface area contributed by atoms with Gasteiger partial charge in [0.1, 0.15) is 11.9 Å². The number of nitrogens with zero attached hydrogens (tertiary/aromatic N) is 6. The lowest BCUT2D eigenvalue weighted by molar-refractivity contribution is 0.148. The van der Waals surface area contributed by atoms with E-state index in [1.807, 2.05) is 43.4 Å². The molecule has 0 aliphatic heterocycles. The van der Waals surface area contributed by atoms with Crippen molar-refractivity contribution in [2.24, 2.45) is 21.5 Å². The van der Waals surface area contributed by atoms with Crippen LogP contribution in [-0.4, -0.2) is 40.1 Å². The highest BCUT2D eigenvalue weighted by Crippen LogP contribution is 2.24. The summed E-state index contributed by atoms with van der Waals surface area (Å²) in [6.45, 7) is 3.92. The van der Waals surface area contributed by atoms with E-state index in [0.29, 0.717) is 17.3 Å². The molecule has 176 valence electrons. The summed E-state index contributed by atoms with van der Waals surface area (Å²) < 4.78 is 11.3. The number of guanidine groups is 1. The summed E-state index contributed by atoms with van der Waals surface area (Å²) in [5, 5.41) is 3.88. The van der Waals surface area contributed by atoms with Crippen LogP contribution in [0.4, 0.5) is 5.69 Å². The molecule has 1 saturated carbocycles. The average Bonchev–Trinajstić information content (AvgIpc) is 3.36. The van der Waals surface area contributed by atoms with E-state index in [0.717, 1.165) is 18.5 Å². The van der Waals surface area contributed by atoms with Gasteiger partial charge in [-0.1, -0.05) is 36.4 Å². The van der Waals surface area contributed by atoms with Crippen LogP contribution < -0.4 is 21.1 Å². The first-order valence-corrected chi connectivity index (χ1v) is 11.1. The topological polar surface area (TPSA) is 141 Å². The second-order valence-electron chi connectivity index (χ2n) is 7.96. The summed E-state index contributed by atoms with van der Waals surface area (Å²) in [6, 6.07) is 13.2. The summed E-state index contributed by atoms with van der Waals surface area (Å²) in [5.41, 5.74) is 13.5. The molecule has 10 nitrogen and oxygen atoms in total. The Morgan fingerprint density at radius 1 is 1.09 bits per heavy atom. The lowest BCUT2D eigenvalue weighted by Crippen LogP contribution is -2.22. The second kappa shape index (κ2) is 10.6. The molecule has 0 amide bonds. The Balaban J connectivity index is 1.40. The predicted molar refractivity (Wildman–Crippen MR) is 131 cm³/mol. The van der Waals surface area contributed by atoms with Gasteiger partial charge in [-0.3, -0.25) is 0 Å². The van der Waals surface area contributed by atoms with Crippen molar-refractivity contribution in [2.75, 3.05) is 11.9 Å². The minimum absolute atomic E-state index is 0.0309. The van der Waals surface area contributed by atoms with Crippen molar-refractivity contribution < 1.29 is 9.26 Å². The molecule has 0 saturated heterocycles. The van der Waals surface area contributed by atoms with E-state index in [-0.39, 0.29) is 29.6 Å². The molecule has 0 unspecified atom stereocenters. The number of amidine groups is 1. The fraction of sp³-hybridized carbons (Fsp3) is 0.292. The molecule has 1 fully saturated rings. The van der Waals surface area contributed by atoms with Gasteiger partial charge in [-0.15, -0.1) is 0 Å². The van der Waals surface area contributed by atoms with Crippen molar-refractivity contribution in [1.82, 2.24) is 15.1 Å². The molecule has 0 bridgehead atoms. The van der Waals surface area contributed by atoms with E-state index >= 15 is 0 Å². The minimum atomic E-state index is -0.0810. The maximum absolute atomic E-state index is 6.00. The van der Waals surface area contributed by atoms with Crippen LogP contribution in [0.3, 0.4) is 0 Å². The number of para-hydroxylation sites is 1. The fourth-order valence-corrected chi connectivity index (χ4v) is 3.58. The van der Waals surface area contributed by atoms with Gasteiger partial charge in [0.2, 0.25) is 17.7 Å². The van der Waals surface area contributed by atoms with E-state index in [9.17, 15) is 0 Å². The lowest BCUT2D eigenvalue weighted by Gasteiger charge is -2.22. The molecule has 0 atom stereocenters. The van der Waals surface area contributed by atoms with Crippen LogP contribution in [0.25, 0.3) is 11.5 Å². The molecule has 34 heavy (non-hydrogen) atoms. The standard InChI is InChI=1S/C24H28N8O2/c1-16(32(2)18-9-5-3-6-10-18)28-24(26)29-21(25)22-30-23(34-31-22)17-13-14-20(27-15-17)33-19-11-7-4-8-12-19/h3,5-6,9-10,13-15,19H,1,4,7-8,11-12H2,2H3,(H4,25,26,28,29). The molecular formula is C24H28N8O2. The van der Waals surface area contributed by atoms with Crippen LogP contribution in [0, 0.1) is 0 Å². The quantitative estimate of drug-likeness (QED) is 0.403. The van der Waals surface area contributed by atoms with Crippen LogP contribution in [0.1, 0.15) is 37.9 Å². The van der Waals surface area contributed by atoms with Gasteiger partial charge in [-0.05, 0) is 43.9 Å². The first-order valence-electron chi connectivity index (χ1n) is 11.1. The van der Waals surface area contributed by atoms with E-state index < -0.39 is 0 Å². The zero-order chi connectivity index (χ0) is 23.9. The van der Waals surface area contributed by atoms with Crippen molar-refractivity contribution in [3.8, 4) is 17.3 Å². The number of nitrogens with two attached hydrogens (primary N) is 2. The van der Waals surface area contributed by atoms with Crippen LogP contribution >= 0.6 is 0 Å². The monoisotopic (exact) mass is 460 g/mol. The third kappa shape index (κ3) is 5.77. The largest absolute Gasteiger partial charge is 0.474 e.